The third-order valence-electron chi connectivity index (χ3n) is 4.34. The molecule has 6 nitrogen and oxygen atoms in total. The van der Waals surface area contributed by atoms with Crippen LogP contribution in [0.15, 0.2) is 24.3 Å². The first-order chi connectivity index (χ1) is 12.4. The van der Waals surface area contributed by atoms with Crippen LogP contribution in [0, 0.1) is 17.2 Å². The van der Waals surface area contributed by atoms with Gasteiger partial charge in [-0.1, -0.05) is 13.8 Å². The average Bonchev–Trinajstić information content (AvgIpc) is 2.58. The van der Waals surface area contributed by atoms with Crippen LogP contribution in [0.5, 0.6) is 5.75 Å². The molecule has 0 aromatic heterocycles. The number of hydrazine groups is 1. The lowest BCUT2D eigenvalue weighted by molar-refractivity contribution is -0.143. The molecule has 0 bridgehead atoms. The van der Waals surface area contributed by atoms with Gasteiger partial charge < -0.3 is 15.4 Å². The quantitative estimate of drug-likeness (QED) is 0.654. The van der Waals surface area contributed by atoms with Crippen LogP contribution in [-0.2, 0) is 4.79 Å². The monoisotopic (exact) mass is 364 g/mol. The summed E-state index contributed by atoms with van der Waals surface area (Å²) in [5, 5.41) is 7.87. The molecular formula is C19H29FN4O2. The minimum atomic E-state index is -0.755. The van der Waals surface area contributed by atoms with Gasteiger partial charge in [0.05, 0.1) is 18.2 Å². The molecule has 0 unspecified atom stereocenters. The SMILES string of the molecule is CNCC1(CNC)C=C(c2ccc(OC)c(F)c2)NN(CC(C)C)C1=O. The van der Waals surface area contributed by atoms with Gasteiger partial charge in [-0.15, -0.1) is 0 Å². The lowest BCUT2D eigenvalue weighted by Crippen LogP contribution is -2.59. The Morgan fingerprint density at radius 2 is 1.92 bits per heavy atom. The maximum Gasteiger partial charge on any atom is 0.253 e. The lowest BCUT2D eigenvalue weighted by atomic mass is 9.82. The number of benzene rings is 1. The highest BCUT2D eigenvalue weighted by molar-refractivity contribution is 5.90. The molecule has 1 heterocycles. The largest absolute Gasteiger partial charge is 0.494 e. The van der Waals surface area contributed by atoms with Crippen molar-refractivity contribution in [3.63, 3.8) is 0 Å². The van der Waals surface area contributed by atoms with Gasteiger partial charge in [-0.25, -0.2) is 4.39 Å². The van der Waals surface area contributed by atoms with E-state index in [0.717, 1.165) is 0 Å². The molecule has 1 amide bonds. The molecule has 1 aromatic carbocycles. The molecule has 1 aliphatic rings. The summed E-state index contributed by atoms with van der Waals surface area (Å²) in [7, 11) is 5.07. The Balaban J connectivity index is 2.51. The molecular weight excluding hydrogens is 335 g/mol. The summed E-state index contributed by atoms with van der Waals surface area (Å²) in [6.07, 6.45) is 1.89. The molecule has 0 fully saturated rings. The molecule has 144 valence electrons. The van der Waals surface area contributed by atoms with Gasteiger partial charge in [0.1, 0.15) is 0 Å². The first-order valence-corrected chi connectivity index (χ1v) is 8.81. The highest BCUT2D eigenvalue weighted by Gasteiger charge is 2.42. The number of carbonyl (C=O) groups is 1. The number of rotatable bonds is 8. The third-order valence-corrected chi connectivity index (χ3v) is 4.34. The summed E-state index contributed by atoms with van der Waals surface area (Å²) in [5.74, 6) is 0.0396. The molecule has 0 saturated heterocycles. The number of nitrogens with one attached hydrogen (secondary N) is 3. The second-order valence-corrected chi connectivity index (χ2v) is 7.05. The molecule has 26 heavy (non-hydrogen) atoms. The van der Waals surface area contributed by atoms with Crippen molar-refractivity contribution >= 4 is 11.6 Å². The van der Waals surface area contributed by atoms with Crippen molar-refractivity contribution in [1.82, 2.24) is 21.1 Å². The highest BCUT2D eigenvalue weighted by atomic mass is 19.1. The van der Waals surface area contributed by atoms with Crippen LogP contribution in [0.3, 0.4) is 0 Å². The van der Waals surface area contributed by atoms with E-state index in [9.17, 15) is 9.18 Å². The molecule has 2 rings (SSSR count). The molecule has 1 aliphatic heterocycles. The number of ether oxygens (including phenoxy) is 1. The predicted octanol–water partition coefficient (Wildman–Crippen LogP) is 1.60. The van der Waals surface area contributed by atoms with E-state index in [0.29, 0.717) is 36.8 Å². The van der Waals surface area contributed by atoms with E-state index in [2.05, 4.69) is 29.9 Å². The number of carbonyl (C=O) groups excluding carboxylic acids is 1. The summed E-state index contributed by atoms with van der Waals surface area (Å²) in [4.78, 5) is 13.2. The number of amides is 1. The van der Waals surface area contributed by atoms with Crippen LogP contribution in [0.4, 0.5) is 4.39 Å². The van der Waals surface area contributed by atoms with E-state index in [1.54, 1.807) is 17.1 Å². The van der Waals surface area contributed by atoms with Crippen LogP contribution in [0.1, 0.15) is 19.4 Å². The van der Waals surface area contributed by atoms with Gasteiger partial charge in [-0.05, 0) is 44.3 Å². The molecule has 1 aromatic rings. The highest BCUT2D eigenvalue weighted by Crippen LogP contribution is 2.31. The van der Waals surface area contributed by atoms with E-state index >= 15 is 0 Å². The fraction of sp³-hybridized carbons (Fsp3) is 0.526. The van der Waals surface area contributed by atoms with Gasteiger partial charge in [-0.2, -0.15) is 0 Å². The predicted molar refractivity (Wildman–Crippen MR) is 101 cm³/mol. The minimum absolute atomic E-state index is 0.00682. The van der Waals surface area contributed by atoms with Crippen molar-refractivity contribution in [3.8, 4) is 5.75 Å². The number of hydrogen-bond donors (Lipinski definition) is 3. The number of halogens is 1. The van der Waals surface area contributed by atoms with Gasteiger partial charge in [-0.3, -0.25) is 15.2 Å². The summed E-state index contributed by atoms with van der Waals surface area (Å²) >= 11 is 0. The first kappa shape index (κ1) is 20.2. The van der Waals surface area contributed by atoms with Gasteiger partial charge in [0.2, 0.25) is 0 Å². The molecule has 0 radical (unpaired) electrons. The zero-order valence-corrected chi connectivity index (χ0v) is 16.1. The Hall–Kier alpha value is -2.12. The van der Waals surface area contributed by atoms with Crippen LogP contribution in [0.25, 0.3) is 5.70 Å². The fourth-order valence-electron chi connectivity index (χ4n) is 3.26. The van der Waals surface area contributed by atoms with Gasteiger partial charge >= 0.3 is 0 Å². The average molecular weight is 364 g/mol. The Bertz CT molecular complexity index is 670. The van der Waals surface area contributed by atoms with Crippen LogP contribution in [0.2, 0.25) is 0 Å². The van der Waals surface area contributed by atoms with Crippen molar-refractivity contribution in [1.29, 1.82) is 0 Å². The van der Waals surface area contributed by atoms with E-state index in [1.165, 1.54) is 13.2 Å². The van der Waals surface area contributed by atoms with Crippen LogP contribution < -0.4 is 20.8 Å². The van der Waals surface area contributed by atoms with E-state index < -0.39 is 11.2 Å². The van der Waals surface area contributed by atoms with Crippen molar-refractivity contribution in [2.45, 2.75) is 13.8 Å². The van der Waals surface area contributed by atoms with Crippen molar-refractivity contribution in [2.24, 2.45) is 11.3 Å². The Morgan fingerprint density at radius 3 is 2.42 bits per heavy atom. The number of hydrogen-bond acceptors (Lipinski definition) is 5. The van der Waals surface area contributed by atoms with Crippen molar-refractivity contribution < 1.29 is 13.9 Å². The molecule has 0 aliphatic carbocycles. The normalized spacial score (nSPS) is 16.5. The topological polar surface area (TPSA) is 65.6 Å². The van der Waals surface area contributed by atoms with Crippen molar-refractivity contribution in [3.05, 3.63) is 35.7 Å². The molecule has 3 N–H and O–H groups in total. The van der Waals surface area contributed by atoms with Crippen molar-refractivity contribution in [2.75, 3.05) is 40.8 Å². The number of methoxy groups -OCH3 is 1. The molecule has 0 atom stereocenters. The summed E-state index contributed by atoms with van der Waals surface area (Å²) < 4.78 is 19.2. The summed E-state index contributed by atoms with van der Waals surface area (Å²) in [6.45, 7) is 5.62. The van der Waals surface area contributed by atoms with Crippen LogP contribution >= 0.6 is 0 Å². The second kappa shape index (κ2) is 8.51. The zero-order chi connectivity index (χ0) is 19.3. The lowest BCUT2D eigenvalue weighted by Gasteiger charge is -2.41. The Labute approximate surface area is 154 Å². The molecule has 7 heteroatoms. The first-order valence-electron chi connectivity index (χ1n) is 8.81. The summed E-state index contributed by atoms with van der Waals surface area (Å²) in [5.41, 5.74) is 3.79. The van der Waals surface area contributed by atoms with Crippen LogP contribution in [-0.4, -0.2) is 51.8 Å². The van der Waals surface area contributed by atoms with E-state index in [4.69, 9.17) is 4.74 Å². The van der Waals surface area contributed by atoms with Gasteiger partial charge in [0, 0.05) is 25.2 Å². The summed E-state index contributed by atoms with van der Waals surface area (Å²) in [6, 6.07) is 4.80. The smallest absolute Gasteiger partial charge is 0.253 e. The second-order valence-electron chi connectivity index (χ2n) is 7.05. The Morgan fingerprint density at radius 1 is 1.27 bits per heavy atom. The van der Waals surface area contributed by atoms with Gasteiger partial charge in [0.25, 0.3) is 5.91 Å². The zero-order valence-electron chi connectivity index (χ0n) is 16.1. The van der Waals surface area contributed by atoms with E-state index in [1.807, 2.05) is 20.2 Å². The standard InChI is InChI=1S/C19H29FN4O2/c1-13(2)10-24-18(25)19(11-21-3,12-22-4)9-16(23-24)14-6-7-17(26-5)15(20)8-14/h6-9,13,21-23H,10-12H2,1-5H3. The fourth-order valence-corrected chi connectivity index (χ4v) is 3.26. The third kappa shape index (κ3) is 4.16. The minimum Gasteiger partial charge on any atom is -0.494 e. The van der Waals surface area contributed by atoms with E-state index in [-0.39, 0.29) is 11.7 Å². The molecule has 0 saturated carbocycles. The number of nitrogens with zero attached hydrogens (tertiary/aromatic N) is 1. The maximum absolute atomic E-state index is 14.2. The van der Waals surface area contributed by atoms with Gasteiger partial charge in [0.15, 0.2) is 11.6 Å². The Kier molecular flexibility index (Phi) is 6.61. The molecule has 0 spiro atoms. The maximum atomic E-state index is 14.2.